The van der Waals surface area contributed by atoms with Crippen molar-refractivity contribution in [1.82, 2.24) is 14.1 Å². The molecule has 0 radical (unpaired) electrons. The molecule has 4 rings (SSSR count). The fourth-order valence-electron chi connectivity index (χ4n) is 4.67. The summed E-state index contributed by atoms with van der Waals surface area (Å²) < 4.78 is 79.4. The first kappa shape index (κ1) is 28.7. The van der Waals surface area contributed by atoms with Gasteiger partial charge in [0.25, 0.3) is 5.56 Å². The molecular weight excluding hydrogens is 549 g/mol. The van der Waals surface area contributed by atoms with Gasteiger partial charge in [-0.1, -0.05) is 24.6 Å². The first-order valence-corrected chi connectivity index (χ1v) is 14.2. The quantitative estimate of drug-likeness (QED) is 0.479. The number of anilines is 1. The highest BCUT2D eigenvalue weighted by molar-refractivity contribution is 7.89. The molecule has 3 heterocycles. The third-order valence-electron chi connectivity index (χ3n) is 6.83. The van der Waals surface area contributed by atoms with Crippen LogP contribution < -0.4 is 15.6 Å². The molecule has 0 spiro atoms. The molecule has 1 N–H and O–H groups in total. The Morgan fingerprint density at radius 3 is 2.68 bits per heavy atom. The molecule has 0 bridgehead atoms. The second-order valence-electron chi connectivity index (χ2n) is 9.43. The van der Waals surface area contributed by atoms with Crippen LogP contribution in [0.1, 0.15) is 44.2 Å². The SMILES string of the molecule is CCc1ccc(OC(F)F)c(S(=O)(=O)N2CCC(n3ncc(NC[C@@]4(F)CCCOC4)c(Cl)c3=O)CC2)c1. The molecule has 0 amide bonds. The third kappa shape index (κ3) is 6.27. The number of aryl methyl sites for hydroxylation is 1. The Labute approximate surface area is 223 Å². The third-order valence-corrected chi connectivity index (χ3v) is 9.12. The predicted octanol–water partition coefficient (Wildman–Crippen LogP) is 4.02. The van der Waals surface area contributed by atoms with Gasteiger partial charge < -0.3 is 14.8 Å². The van der Waals surface area contributed by atoms with E-state index in [1.54, 1.807) is 6.07 Å². The zero-order valence-corrected chi connectivity index (χ0v) is 22.4. The van der Waals surface area contributed by atoms with Gasteiger partial charge in [-0.2, -0.15) is 18.2 Å². The fraction of sp³-hybridized carbons (Fsp3) is 0.583. The molecule has 38 heavy (non-hydrogen) atoms. The summed E-state index contributed by atoms with van der Waals surface area (Å²) in [4.78, 5) is 12.6. The zero-order chi connectivity index (χ0) is 27.5. The summed E-state index contributed by atoms with van der Waals surface area (Å²) in [7, 11) is -4.14. The fourth-order valence-corrected chi connectivity index (χ4v) is 6.52. The molecule has 2 aromatic rings. The van der Waals surface area contributed by atoms with Crippen LogP contribution in [0.5, 0.6) is 5.75 Å². The average Bonchev–Trinajstić information content (AvgIpc) is 2.90. The molecule has 0 unspecified atom stereocenters. The molecule has 2 fully saturated rings. The molecule has 14 heteroatoms. The Morgan fingerprint density at radius 2 is 2.05 bits per heavy atom. The van der Waals surface area contributed by atoms with E-state index >= 15 is 0 Å². The lowest BCUT2D eigenvalue weighted by Gasteiger charge is -2.32. The largest absolute Gasteiger partial charge is 0.433 e. The van der Waals surface area contributed by atoms with Crippen LogP contribution in [0.25, 0.3) is 0 Å². The minimum Gasteiger partial charge on any atom is -0.433 e. The van der Waals surface area contributed by atoms with E-state index in [1.165, 1.54) is 27.3 Å². The minimum absolute atomic E-state index is 0.0353. The molecule has 1 aromatic carbocycles. The Bertz CT molecular complexity index is 1300. The maximum Gasteiger partial charge on any atom is 0.387 e. The first-order valence-electron chi connectivity index (χ1n) is 12.4. The minimum atomic E-state index is -4.14. The van der Waals surface area contributed by atoms with Crippen LogP contribution in [0.15, 0.2) is 34.1 Å². The van der Waals surface area contributed by atoms with E-state index in [0.717, 1.165) is 0 Å². The lowest BCUT2D eigenvalue weighted by molar-refractivity contribution is -0.0518. The van der Waals surface area contributed by atoms with Gasteiger partial charge in [-0.05, 0) is 49.8 Å². The number of ether oxygens (including phenoxy) is 2. The molecule has 2 aliphatic heterocycles. The summed E-state index contributed by atoms with van der Waals surface area (Å²) >= 11 is 6.28. The van der Waals surface area contributed by atoms with Gasteiger partial charge >= 0.3 is 6.61 Å². The lowest BCUT2D eigenvalue weighted by Crippen LogP contribution is -2.42. The Kier molecular flexibility index (Phi) is 8.90. The molecule has 9 nitrogen and oxygen atoms in total. The predicted molar refractivity (Wildman–Crippen MR) is 135 cm³/mol. The van der Waals surface area contributed by atoms with Gasteiger partial charge in [-0.25, -0.2) is 17.5 Å². The molecule has 1 atom stereocenters. The van der Waals surface area contributed by atoms with Gasteiger partial charge in [0.05, 0.1) is 31.1 Å². The number of rotatable bonds is 9. The van der Waals surface area contributed by atoms with Crippen molar-refractivity contribution in [2.45, 2.75) is 62.2 Å². The highest BCUT2D eigenvalue weighted by atomic mass is 35.5. The van der Waals surface area contributed by atoms with Crippen LogP contribution in [0.2, 0.25) is 5.02 Å². The van der Waals surface area contributed by atoms with E-state index in [-0.39, 0.29) is 54.7 Å². The van der Waals surface area contributed by atoms with Crippen molar-refractivity contribution < 1.29 is 31.1 Å². The number of alkyl halides is 3. The van der Waals surface area contributed by atoms with Crippen molar-refractivity contribution in [3.8, 4) is 5.75 Å². The summed E-state index contributed by atoms with van der Waals surface area (Å²) in [6, 6.07) is 3.69. The van der Waals surface area contributed by atoms with E-state index in [0.29, 0.717) is 31.4 Å². The van der Waals surface area contributed by atoms with E-state index < -0.39 is 39.7 Å². The summed E-state index contributed by atoms with van der Waals surface area (Å²) in [5.41, 5.74) is -1.27. The molecule has 210 valence electrons. The molecular formula is C24H30ClF3N4O5S. The Balaban J connectivity index is 1.46. The molecule has 2 saturated heterocycles. The van der Waals surface area contributed by atoms with Crippen molar-refractivity contribution in [3.63, 3.8) is 0 Å². The Hall–Kier alpha value is -2.35. The summed E-state index contributed by atoms with van der Waals surface area (Å²) in [5, 5.41) is 6.91. The number of sulfonamides is 1. The molecule has 0 saturated carbocycles. The Morgan fingerprint density at radius 1 is 1.32 bits per heavy atom. The monoisotopic (exact) mass is 578 g/mol. The van der Waals surface area contributed by atoms with E-state index in [9.17, 15) is 26.4 Å². The summed E-state index contributed by atoms with van der Waals surface area (Å²) in [6.07, 6.45) is 3.30. The number of hydrogen-bond acceptors (Lipinski definition) is 7. The highest BCUT2D eigenvalue weighted by Gasteiger charge is 2.35. The van der Waals surface area contributed by atoms with Crippen molar-refractivity contribution in [1.29, 1.82) is 0 Å². The van der Waals surface area contributed by atoms with Gasteiger partial charge in [-0.15, -0.1) is 0 Å². The van der Waals surface area contributed by atoms with Crippen LogP contribution in [0.3, 0.4) is 0 Å². The normalized spacial score (nSPS) is 21.5. The molecule has 1 aromatic heterocycles. The van der Waals surface area contributed by atoms with E-state index in [4.69, 9.17) is 16.3 Å². The van der Waals surface area contributed by atoms with Crippen molar-refractivity contribution >= 4 is 27.3 Å². The smallest absolute Gasteiger partial charge is 0.387 e. The topological polar surface area (TPSA) is 103 Å². The maximum absolute atomic E-state index is 14.8. The van der Waals surface area contributed by atoms with Crippen molar-refractivity contribution in [3.05, 3.63) is 45.3 Å². The van der Waals surface area contributed by atoms with Gasteiger partial charge in [0.1, 0.15) is 15.7 Å². The number of hydrogen-bond donors (Lipinski definition) is 1. The molecule has 2 aliphatic rings. The zero-order valence-electron chi connectivity index (χ0n) is 20.8. The van der Waals surface area contributed by atoms with Crippen molar-refractivity contribution in [2.24, 2.45) is 0 Å². The van der Waals surface area contributed by atoms with E-state index in [2.05, 4.69) is 15.2 Å². The van der Waals surface area contributed by atoms with Crippen LogP contribution in [-0.2, 0) is 21.2 Å². The van der Waals surface area contributed by atoms with Crippen LogP contribution in [0, 0.1) is 0 Å². The number of piperidine rings is 1. The maximum atomic E-state index is 14.8. The second kappa shape index (κ2) is 11.8. The van der Waals surface area contributed by atoms with Gasteiger partial charge in [0.2, 0.25) is 10.0 Å². The number of aromatic nitrogens is 2. The molecule has 0 aliphatic carbocycles. The number of nitrogens with zero attached hydrogens (tertiary/aromatic N) is 3. The van der Waals surface area contributed by atoms with Gasteiger partial charge in [-0.3, -0.25) is 4.79 Å². The summed E-state index contributed by atoms with van der Waals surface area (Å²) in [5.74, 6) is -0.415. The average molecular weight is 579 g/mol. The number of benzene rings is 1. The summed E-state index contributed by atoms with van der Waals surface area (Å²) in [6.45, 7) is -0.885. The van der Waals surface area contributed by atoms with Gasteiger partial charge in [0.15, 0.2) is 5.67 Å². The number of nitrogens with one attached hydrogen (secondary N) is 1. The lowest BCUT2D eigenvalue weighted by atomic mass is 9.99. The first-order chi connectivity index (χ1) is 18.0. The van der Waals surface area contributed by atoms with Crippen LogP contribution in [-0.4, -0.2) is 67.6 Å². The standard InChI is InChI=1S/C24H30ClF3N4O5S/c1-2-16-4-5-19(37-23(26)27)20(12-16)38(34,35)31-9-6-17(7-10-31)32-22(33)21(25)18(13-30-32)29-14-24(28)8-3-11-36-15-24/h4-5,12-13,17,23,29H,2-3,6-11,14-15H2,1H3/t24-/m0/s1. The van der Waals surface area contributed by atoms with Crippen molar-refractivity contribution in [2.75, 3.05) is 38.2 Å². The van der Waals surface area contributed by atoms with Crippen LogP contribution >= 0.6 is 11.6 Å². The van der Waals surface area contributed by atoms with E-state index in [1.807, 2.05) is 6.92 Å². The second-order valence-corrected chi connectivity index (χ2v) is 11.7. The van der Waals surface area contributed by atoms with Gasteiger partial charge in [0, 0.05) is 19.7 Å². The van der Waals surface area contributed by atoms with Crippen LogP contribution in [0.4, 0.5) is 18.9 Å². The number of halogens is 4. The highest BCUT2D eigenvalue weighted by Crippen LogP contribution is 2.33.